The number of thiocarbonyl (C=S) groups is 1. The van der Waals surface area contributed by atoms with Crippen LogP contribution in [0, 0.1) is 6.92 Å². The van der Waals surface area contributed by atoms with Gasteiger partial charge in [-0.05, 0) is 55.5 Å². The topological polar surface area (TPSA) is 41.1 Å². The highest BCUT2D eigenvalue weighted by atomic mass is 32.1. The van der Waals surface area contributed by atoms with E-state index in [-0.39, 0.29) is 12.1 Å². The molecular weight excluding hydrogens is 348 g/mol. The maximum atomic E-state index is 5.66. The fourth-order valence-corrected chi connectivity index (χ4v) is 4.50. The lowest BCUT2D eigenvalue weighted by Crippen LogP contribution is -2.29. The van der Waals surface area contributed by atoms with Gasteiger partial charge in [-0.15, -0.1) is 11.3 Å². The Bertz CT molecular complexity index is 863. The smallest absolute Gasteiger partial charge is 0.170 e. The minimum atomic E-state index is 0.0375. The molecule has 0 saturated carbocycles. The summed E-state index contributed by atoms with van der Waals surface area (Å²) in [5.74, 6) is 0. The maximum Gasteiger partial charge on any atom is 0.170 e. The normalized spacial score (nSPS) is 19.9. The summed E-state index contributed by atoms with van der Waals surface area (Å²) < 4.78 is 0. The van der Waals surface area contributed by atoms with E-state index >= 15 is 0 Å². The van der Waals surface area contributed by atoms with Crippen LogP contribution in [0.1, 0.15) is 33.2 Å². The Morgan fingerprint density at radius 1 is 1.08 bits per heavy atom. The molecule has 6 heteroatoms. The molecule has 25 heavy (non-hydrogen) atoms. The first-order valence-electron chi connectivity index (χ1n) is 8.16. The number of pyridine rings is 2. The average Bonchev–Trinajstić information content (AvgIpc) is 3.20. The van der Waals surface area contributed by atoms with E-state index in [1.54, 1.807) is 0 Å². The Labute approximate surface area is 156 Å². The second-order valence-electron chi connectivity index (χ2n) is 6.02. The summed E-state index contributed by atoms with van der Waals surface area (Å²) in [6.45, 7) is 2.81. The van der Waals surface area contributed by atoms with Gasteiger partial charge in [0.2, 0.25) is 0 Å². The zero-order chi connectivity index (χ0) is 17.2. The third-order valence-corrected chi connectivity index (χ3v) is 5.73. The summed E-state index contributed by atoms with van der Waals surface area (Å²) in [6.07, 6.45) is 3.65. The van der Waals surface area contributed by atoms with Crippen molar-refractivity contribution in [3.05, 3.63) is 82.1 Å². The first-order chi connectivity index (χ1) is 12.2. The van der Waals surface area contributed by atoms with Gasteiger partial charge in [-0.1, -0.05) is 12.1 Å². The summed E-state index contributed by atoms with van der Waals surface area (Å²) >= 11 is 7.47. The lowest BCUT2D eigenvalue weighted by Gasteiger charge is -2.26. The molecule has 1 aliphatic heterocycles. The van der Waals surface area contributed by atoms with Crippen molar-refractivity contribution in [2.45, 2.75) is 25.6 Å². The number of nitrogens with one attached hydrogen (secondary N) is 1. The minimum Gasteiger partial charge on any atom is -0.352 e. The minimum absolute atomic E-state index is 0.0375. The molecule has 126 valence electrons. The van der Waals surface area contributed by atoms with Crippen LogP contribution in [0.25, 0.3) is 0 Å². The predicted octanol–water partition coefficient (Wildman–Crippen LogP) is 4.02. The molecule has 0 spiro atoms. The molecule has 1 aliphatic rings. The van der Waals surface area contributed by atoms with Crippen LogP contribution in [0.15, 0.2) is 60.9 Å². The first kappa shape index (κ1) is 16.2. The van der Waals surface area contributed by atoms with Crippen molar-refractivity contribution in [2.75, 3.05) is 0 Å². The van der Waals surface area contributed by atoms with Crippen LogP contribution in [-0.4, -0.2) is 20.0 Å². The van der Waals surface area contributed by atoms with E-state index in [0.717, 1.165) is 16.5 Å². The Hall–Kier alpha value is -2.31. The number of rotatable bonds is 4. The molecule has 1 fully saturated rings. The van der Waals surface area contributed by atoms with Crippen LogP contribution in [0.3, 0.4) is 0 Å². The molecule has 0 bridgehead atoms. The molecule has 0 aliphatic carbocycles. The lowest BCUT2D eigenvalue weighted by molar-refractivity contribution is 0.312. The van der Waals surface area contributed by atoms with Crippen molar-refractivity contribution >= 4 is 28.7 Å². The molecule has 0 radical (unpaired) electrons. The zero-order valence-corrected chi connectivity index (χ0v) is 15.4. The van der Waals surface area contributed by atoms with Gasteiger partial charge in [0.05, 0.1) is 30.0 Å². The number of aryl methyl sites for hydroxylation is 1. The number of aromatic nitrogens is 2. The van der Waals surface area contributed by atoms with Gasteiger partial charge in [0.25, 0.3) is 0 Å². The number of thiophene rings is 1. The van der Waals surface area contributed by atoms with Gasteiger partial charge in [0, 0.05) is 22.1 Å². The molecule has 1 saturated heterocycles. The standard InChI is InChI=1S/C19H18N4S2/c1-13-8-9-16(25-13)18-17(15-7-3-5-11-21-15)22-19(24)23(18)12-14-6-2-4-10-20-14/h2-11,17-18H,12H2,1H3,(H,22,24). The average molecular weight is 367 g/mol. The maximum absolute atomic E-state index is 5.66. The number of hydrogen-bond donors (Lipinski definition) is 1. The van der Waals surface area contributed by atoms with E-state index < -0.39 is 0 Å². The van der Waals surface area contributed by atoms with E-state index in [1.807, 2.05) is 54.1 Å². The molecule has 1 N–H and O–H groups in total. The van der Waals surface area contributed by atoms with Crippen LogP contribution in [-0.2, 0) is 6.54 Å². The number of hydrogen-bond acceptors (Lipinski definition) is 4. The monoisotopic (exact) mass is 366 g/mol. The van der Waals surface area contributed by atoms with Crippen LogP contribution in [0.2, 0.25) is 0 Å². The van der Waals surface area contributed by atoms with Crippen molar-refractivity contribution in [3.63, 3.8) is 0 Å². The van der Waals surface area contributed by atoms with Gasteiger partial charge >= 0.3 is 0 Å². The Morgan fingerprint density at radius 3 is 2.52 bits per heavy atom. The predicted molar refractivity (Wildman–Crippen MR) is 104 cm³/mol. The Kier molecular flexibility index (Phi) is 4.46. The van der Waals surface area contributed by atoms with Gasteiger partial charge in [-0.3, -0.25) is 9.97 Å². The molecule has 4 rings (SSSR count). The van der Waals surface area contributed by atoms with E-state index in [0.29, 0.717) is 6.54 Å². The molecule has 2 unspecified atom stereocenters. The first-order valence-corrected chi connectivity index (χ1v) is 9.39. The summed E-state index contributed by atoms with van der Waals surface area (Å²) in [4.78, 5) is 13.8. The van der Waals surface area contributed by atoms with E-state index in [9.17, 15) is 0 Å². The molecule has 4 nitrogen and oxygen atoms in total. The molecule has 3 aromatic heterocycles. The highest BCUT2D eigenvalue weighted by Gasteiger charge is 2.40. The molecule has 2 atom stereocenters. The SMILES string of the molecule is Cc1ccc(C2C(c3ccccn3)NC(=S)N2Cc2ccccn2)s1. The summed E-state index contributed by atoms with van der Waals surface area (Å²) in [5, 5.41) is 4.22. The fraction of sp³-hybridized carbons (Fsp3) is 0.211. The van der Waals surface area contributed by atoms with Gasteiger partial charge in [-0.25, -0.2) is 0 Å². The van der Waals surface area contributed by atoms with Gasteiger partial charge in [0.1, 0.15) is 0 Å². The zero-order valence-electron chi connectivity index (χ0n) is 13.8. The van der Waals surface area contributed by atoms with Crippen molar-refractivity contribution < 1.29 is 0 Å². The second-order valence-corrected chi connectivity index (χ2v) is 7.73. The molecule has 3 aromatic rings. The third-order valence-electron chi connectivity index (χ3n) is 4.31. The van der Waals surface area contributed by atoms with Crippen molar-refractivity contribution in [2.24, 2.45) is 0 Å². The van der Waals surface area contributed by atoms with E-state index in [1.165, 1.54) is 9.75 Å². The molecule has 0 aromatic carbocycles. The molecular formula is C19H18N4S2. The van der Waals surface area contributed by atoms with Gasteiger partial charge in [0.15, 0.2) is 5.11 Å². The highest BCUT2D eigenvalue weighted by Crippen LogP contribution is 2.41. The van der Waals surface area contributed by atoms with Crippen LogP contribution >= 0.6 is 23.6 Å². The summed E-state index contributed by atoms with van der Waals surface area (Å²) in [6, 6.07) is 16.5. The van der Waals surface area contributed by atoms with E-state index in [2.05, 4.69) is 45.3 Å². The lowest BCUT2D eigenvalue weighted by atomic mass is 10.0. The second kappa shape index (κ2) is 6.90. The van der Waals surface area contributed by atoms with Crippen molar-refractivity contribution in [1.82, 2.24) is 20.2 Å². The van der Waals surface area contributed by atoms with Crippen LogP contribution in [0.4, 0.5) is 0 Å². The van der Waals surface area contributed by atoms with Gasteiger partial charge < -0.3 is 10.2 Å². The third kappa shape index (κ3) is 3.27. The van der Waals surface area contributed by atoms with Crippen LogP contribution < -0.4 is 5.32 Å². The molecule has 4 heterocycles. The summed E-state index contributed by atoms with van der Waals surface area (Å²) in [7, 11) is 0. The van der Waals surface area contributed by atoms with Crippen molar-refractivity contribution in [1.29, 1.82) is 0 Å². The largest absolute Gasteiger partial charge is 0.352 e. The Morgan fingerprint density at radius 2 is 1.88 bits per heavy atom. The van der Waals surface area contributed by atoms with Gasteiger partial charge in [-0.2, -0.15) is 0 Å². The fourth-order valence-electron chi connectivity index (χ4n) is 3.16. The molecule has 0 amide bonds. The van der Waals surface area contributed by atoms with Crippen molar-refractivity contribution in [3.8, 4) is 0 Å². The quantitative estimate of drug-likeness (QED) is 0.706. The summed E-state index contributed by atoms with van der Waals surface area (Å²) in [5.41, 5.74) is 2.01. The Balaban J connectivity index is 1.72. The highest BCUT2D eigenvalue weighted by molar-refractivity contribution is 7.80. The van der Waals surface area contributed by atoms with E-state index in [4.69, 9.17) is 12.2 Å². The van der Waals surface area contributed by atoms with Crippen LogP contribution in [0.5, 0.6) is 0 Å². The number of nitrogens with zero attached hydrogens (tertiary/aromatic N) is 3.